The lowest BCUT2D eigenvalue weighted by Crippen LogP contribution is -1.99. The van der Waals surface area contributed by atoms with Crippen molar-refractivity contribution in [2.45, 2.75) is 39.7 Å². The maximum Gasteiger partial charge on any atom is 0.128 e. The molecule has 0 saturated carbocycles. The van der Waals surface area contributed by atoms with Crippen LogP contribution in [0.4, 0.5) is 0 Å². The van der Waals surface area contributed by atoms with Gasteiger partial charge in [0.25, 0.3) is 0 Å². The molecule has 138 valence electrons. The molecular weight excluding hydrogens is 330 g/mol. The van der Waals surface area contributed by atoms with Crippen molar-refractivity contribution in [2.75, 3.05) is 0 Å². The van der Waals surface area contributed by atoms with Crippen LogP contribution < -0.4 is 4.74 Å². The molecule has 0 aliphatic rings. The molecule has 0 saturated heterocycles. The van der Waals surface area contributed by atoms with Crippen molar-refractivity contribution >= 4 is 6.21 Å². The van der Waals surface area contributed by atoms with E-state index in [4.69, 9.17) is 9.73 Å². The fraction of sp³-hybridized carbons (Fsp3) is 0.240. The van der Waals surface area contributed by atoms with Crippen molar-refractivity contribution in [3.63, 3.8) is 0 Å². The summed E-state index contributed by atoms with van der Waals surface area (Å²) < 4.78 is 5.91. The van der Waals surface area contributed by atoms with Gasteiger partial charge in [-0.1, -0.05) is 62.4 Å². The zero-order valence-corrected chi connectivity index (χ0v) is 16.4. The molecule has 1 unspecified atom stereocenters. The summed E-state index contributed by atoms with van der Waals surface area (Å²) in [6, 6.07) is 24.8. The molecule has 0 amide bonds. The number of rotatable bonds is 7. The van der Waals surface area contributed by atoms with E-state index in [0.29, 0.717) is 0 Å². The Bertz CT molecular complexity index is 899. The van der Waals surface area contributed by atoms with Gasteiger partial charge >= 0.3 is 0 Å². The molecule has 2 nitrogen and oxygen atoms in total. The summed E-state index contributed by atoms with van der Waals surface area (Å²) in [6.07, 6.45) is 4.04. The van der Waals surface area contributed by atoms with Gasteiger partial charge in [0.1, 0.15) is 11.5 Å². The van der Waals surface area contributed by atoms with E-state index in [0.717, 1.165) is 29.9 Å². The fourth-order valence-electron chi connectivity index (χ4n) is 3.15. The van der Waals surface area contributed by atoms with Gasteiger partial charge < -0.3 is 4.74 Å². The van der Waals surface area contributed by atoms with Crippen LogP contribution in [-0.4, -0.2) is 6.21 Å². The average Bonchev–Trinajstić information content (AvgIpc) is 2.72. The van der Waals surface area contributed by atoms with Gasteiger partial charge in [-0.2, -0.15) is 0 Å². The van der Waals surface area contributed by atoms with Gasteiger partial charge in [-0.25, -0.2) is 0 Å². The highest BCUT2D eigenvalue weighted by atomic mass is 16.5. The van der Waals surface area contributed by atoms with Crippen LogP contribution in [0.5, 0.6) is 11.5 Å². The van der Waals surface area contributed by atoms with Gasteiger partial charge in [-0.3, -0.25) is 4.99 Å². The van der Waals surface area contributed by atoms with Crippen molar-refractivity contribution in [3.8, 4) is 11.5 Å². The number of hydrogen-bond acceptors (Lipinski definition) is 2. The number of ether oxygens (including phenoxy) is 1. The maximum atomic E-state index is 5.91. The maximum absolute atomic E-state index is 5.91. The molecule has 0 N–H and O–H groups in total. The van der Waals surface area contributed by atoms with Gasteiger partial charge in [0, 0.05) is 6.21 Å². The van der Waals surface area contributed by atoms with E-state index in [9.17, 15) is 0 Å². The fourth-order valence-corrected chi connectivity index (χ4v) is 3.15. The Hall–Kier alpha value is -2.87. The van der Waals surface area contributed by atoms with E-state index in [2.05, 4.69) is 45.0 Å². The molecule has 0 fully saturated rings. The zero-order valence-electron chi connectivity index (χ0n) is 16.4. The third kappa shape index (κ3) is 5.07. The monoisotopic (exact) mass is 357 g/mol. The number of benzene rings is 3. The number of aliphatic imine (C=N–C) groups is 1. The van der Waals surface area contributed by atoms with Crippen molar-refractivity contribution in [1.82, 2.24) is 0 Å². The van der Waals surface area contributed by atoms with Crippen molar-refractivity contribution < 1.29 is 4.74 Å². The number of aryl methyl sites for hydroxylation is 2. The van der Waals surface area contributed by atoms with Crippen LogP contribution in [0.15, 0.2) is 77.8 Å². The molecule has 3 aromatic rings. The van der Waals surface area contributed by atoms with Gasteiger partial charge in [0.05, 0.1) is 6.04 Å². The molecule has 0 radical (unpaired) electrons. The molecule has 0 aliphatic heterocycles. The first-order valence-electron chi connectivity index (χ1n) is 9.67. The predicted molar refractivity (Wildman–Crippen MR) is 114 cm³/mol. The van der Waals surface area contributed by atoms with E-state index >= 15 is 0 Å². The SMILES string of the molecule is CCc1ccc(C(C)/N=C/c2cccc(Oc3ccccc3)c2)c(CC)c1. The lowest BCUT2D eigenvalue weighted by Gasteiger charge is -2.13. The van der Waals surface area contributed by atoms with E-state index < -0.39 is 0 Å². The molecule has 0 spiro atoms. The minimum Gasteiger partial charge on any atom is -0.457 e. The first-order valence-corrected chi connectivity index (χ1v) is 9.67. The molecule has 0 bridgehead atoms. The smallest absolute Gasteiger partial charge is 0.128 e. The first-order chi connectivity index (χ1) is 13.2. The average molecular weight is 357 g/mol. The molecule has 1 atom stereocenters. The second kappa shape index (κ2) is 9.18. The van der Waals surface area contributed by atoms with E-state index in [1.54, 1.807) is 0 Å². The van der Waals surface area contributed by atoms with Gasteiger partial charge in [-0.15, -0.1) is 0 Å². The largest absolute Gasteiger partial charge is 0.457 e. The van der Waals surface area contributed by atoms with E-state index in [1.807, 2.05) is 54.7 Å². The topological polar surface area (TPSA) is 21.6 Å². The third-order valence-corrected chi connectivity index (χ3v) is 4.73. The summed E-state index contributed by atoms with van der Waals surface area (Å²) in [5.74, 6) is 1.66. The van der Waals surface area contributed by atoms with Crippen LogP contribution >= 0.6 is 0 Å². The lowest BCUT2D eigenvalue weighted by atomic mass is 9.96. The molecule has 2 heteroatoms. The second-order valence-electron chi connectivity index (χ2n) is 6.68. The Balaban J connectivity index is 1.75. The molecule has 0 aromatic heterocycles. The highest BCUT2D eigenvalue weighted by Gasteiger charge is 2.08. The zero-order chi connectivity index (χ0) is 19.1. The van der Waals surface area contributed by atoms with Gasteiger partial charge in [0.2, 0.25) is 0 Å². The highest BCUT2D eigenvalue weighted by Crippen LogP contribution is 2.24. The normalized spacial score (nSPS) is 12.3. The number of hydrogen-bond donors (Lipinski definition) is 0. The highest BCUT2D eigenvalue weighted by molar-refractivity contribution is 5.80. The Labute approximate surface area is 162 Å². The van der Waals surface area contributed by atoms with Crippen LogP contribution in [-0.2, 0) is 12.8 Å². The Morgan fingerprint density at radius 2 is 1.63 bits per heavy atom. The quantitative estimate of drug-likeness (QED) is 0.427. The molecular formula is C25H27NO. The van der Waals surface area contributed by atoms with Crippen LogP contribution in [0.3, 0.4) is 0 Å². The van der Waals surface area contributed by atoms with Crippen molar-refractivity contribution in [2.24, 2.45) is 4.99 Å². The summed E-state index contributed by atoms with van der Waals surface area (Å²) in [5.41, 5.74) is 5.12. The molecule has 0 aliphatic carbocycles. The molecule has 27 heavy (non-hydrogen) atoms. The van der Waals surface area contributed by atoms with Crippen LogP contribution in [0.25, 0.3) is 0 Å². The molecule has 3 rings (SSSR count). The van der Waals surface area contributed by atoms with Crippen molar-refractivity contribution in [1.29, 1.82) is 0 Å². The second-order valence-corrected chi connectivity index (χ2v) is 6.68. The Morgan fingerprint density at radius 1 is 0.852 bits per heavy atom. The van der Waals surface area contributed by atoms with Gasteiger partial charge in [-0.05, 0) is 66.3 Å². The lowest BCUT2D eigenvalue weighted by molar-refractivity contribution is 0.482. The number of nitrogens with zero attached hydrogens (tertiary/aromatic N) is 1. The summed E-state index contributed by atoms with van der Waals surface area (Å²) in [5, 5.41) is 0. The Morgan fingerprint density at radius 3 is 2.37 bits per heavy atom. The van der Waals surface area contributed by atoms with E-state index in [1.165, 1.54) is 16.7 Å². The number of para-hydroxylation sites is 1. The first kappa shape index (κ1) is 18.9. The summed E-state index contributed by atoms with van der Waals surface area (Å²) in [6.45, 7) is 6.56. The minimum atomic E-state index is 0.129. The predicted octanol–water partition coefficient (Wildman–Crippen LogP) is 6.78. The summed E-state index contributed by atoms with van der Waals surface area (Å²) >= 11 is 0. The summed E-state index contributed by atoms with van der Waals surface area (Å²) in [7, 11) is 0. The summed E-state index contributed by atoms with van der Waals surface area (Å²) in [4.78, 5) is 4.80. The van der Waals surface area contributed by atoms with Crippen LogP contribution in [0.2, 0.25) is 0 Å². The van der Waals surface area contributed by atoms with E-state index in [-0.39, 0.29) is 6.04 Å². The molecule has 0 heterocycles. The van der Waals surface area contributed by atoms with Crippen LogP contribution in [0, 0.1) is 0 Å². The third-order valence-electron chi connectivity index (χ3n) is 4.73. The Kier molecular flexibility index (Phi) is 6.43. The minimum absolute atomic E-state index is 0.129. The van der Waals surface area contributed by atoms with Gasteiger partial charge in [0.15, 0.2) is 0 Å². The standard InChI is InChI=1S/C25H27NO/c1-4-20-14-15-25(22(5-2)16-20)19(3)26-18-21-10-9-13-24(17-21)27-23-11-7-6-8-12-23/h6-19H,4-5H2,1-3H3/b26-18+. The van der Waals surface area contributed by atoms with Crippen LogP contribution in [0.1, 0.15) is 49.1 Å². The van der Waals surface area contributed by atoms with Crippen molar-refractivity contribution in [3.05, 3.63) is 95.1 Å². The molecule has 3 aromatic carbocycles.